The van der Waals surface area contributed by atoms with E-state index in [0.29, 0.717) is 24.1 Å². The molecule has 6 nitrogen and oxygen atoms in total. The van der Waals surface area contributed by atoms with Crippen LogP contribution in [0.4, 0.5) is 5.69 Å². The lowest BCUT2D eigenvalue weighted by atomic mass is 10.1. The number of benzene rings is 3. The van der Waals surface area contributed by atoms with Gasteiger partial charge in [0.15, 0.2) is 11.0 Å². The van der Waals surface area contributed by atoms with Gasteiger partial charge in [-0.25, -0.2) is 0 Å². The largest absolute Gasteiger partial charge is 0.486 e. The number of hydrogen-bond donors (Lipinski definition) is 1. The molecule has 0 bridgehead atoms. The van der Waals surface area contributed by atoms with Gasteiger partial charge in [-0.05, 0) is 54.8 Å². The van der Waals surface area contributed by atoms with Gasteiger partial charge < -0.3 is 10.1 Å². The van der Waals surface area contributed by atoms with Crippen LogP contribution in [0.5, 0.6) is 5.75 Å². The Labute approximate surface area is 198 Å². The Hall–Kier alpha value is -3.58. The third-order valence-electron chi connectivity index (χ3n) is 5.21. The molecule has 1 amide bonds. The van der Waals surface area contributed by atoms with E-state index >= 15 is 0 Å². The Kier molecular flexibility index (Phi) is 7.42. The first-order valence-corrected chi connectivity index (χ1v) is 11.7. The normalized spacial score (nSPS) is 10.7. The molecular weight excluding hydrogens is 432 g/mol. The summed E-state index contributed by atoms with van der Waals surface area (Å²) in [4.78, 5) is 12.6. The van der Waals surface area contributed by atoms with Crippen LogP contribution in [0.15, 0.2) is 84.0 Å². The molecule has 33 heavy (non-hydrogen) atoms. The lowest BCUT2D eigenvalue weighted by Gasteiger charge is -2.12. The highest BCUT2D eigenvalue weighted by Crippen LogP contribution is 2.21. The number of carbonyl (C=O) groups excluding carboxylic acids is 1. The summed E-state index contributed by atoms with van der Waals surface area (Å²) in [6.45, 7) is 4.97. The van der Waals surface area contributed by atoms with Gasteiger partial charge in [-0.3, -0.25) is 9.36 Å². The molecule has 0 atom stereocenters. The molecule has 0 unspecified atom stereocenters. The number of amides is 1. The summed E-state index contributed by atoms with van der Waals surface area (Å²) in [5, 5.41) is 12.3. The number of thioether (sulfide) groups is 1. The topological polar surface area (TPSA) is 69.0 Å². The molecule has 0 spiro atoms. The van der Waals surface area contributed by atoms with Crippen molar-refractivity contribution in [3.63, 3.8) is 0 Å². The average molecular weight is 459 g/mol. The van der Waals surface area contributed by atoms with Gasteiger partial charge in [-0.1, -0.05) is 66.4 Å². The van der Waals surface area contributed by atoms with E-state index in [1.165, 1.54) is 17.3 Å². The minimum Gasteiger partial charge on any atom is -0.486 e. The molecule has 4 rings (SSSR count). The molecule has 1 N–H and O–H groups in total. The number of para-hydroxylation sites is 1. The maximum Gasteiger partial charge on any atom is 0.234 e. The fraction of sp³-hybridized carbons (Fsp3) is 0.192. The van der Waals surface area contributed by atoms with E-state index in [0.717, 1.165) is 22.6 Å². The number of rotatable bonds is 9. The van der Waals surface area contributed by atoms with E-state index in [2.05, 4.69) is 34.6 Å². The van der Waals surface area contributed by atoms with Crippen molar-refractivity contribution in [2.75, 3.05) is 11.1 Å². The summed E-state index contributed by atoms with van der Waals surface area (Å²) in [5.41, 5.74) is 4.26. The van der Waals surface area contributed by atoms with Crippen LogP contribution in [0.3, 0.4) is 0 Å². The van der Waals surface area contributed by atoms with Crippen molar-refractivity contribution >= 4 is 23.4 Å². The average Bonchev–Trinajstić information content (AvgIpc) is 3.21. The van der Waals surface area contributed by atoms with Crippen molar-refractivity contribution in [1.82, 2.24) is 14.8 Å². The lowest BCUT2D eigenvalue weighted by Crippen LogP contribution is -2.15. The number of anilines is 1. The minimum absolute atomic E-state index is 0.0837. The Morgan fingerprint density at radius 3 is 2.39 bits per heavy atom. The second-order valence-electron chi connectivity index (χ2n) is 7.71. The Morgan fingerprint density at radius 2 is 1.67 bits per heavy atom. The minimum atomic E-state index is -0.0837. The number of nitrogens with one attached hydrogen (secondary N) is 1. The van der Waals surface area contributed by atoms with Crippen molar-refractivity contribution in [1.29, 1.82) is 0 Å². The molecule has 0 aliphatic carbocycles. The highest BCUT2D eigenvalue weighted by Gasteiger charge is 2.16. The second kappa shape index (κ2) is 10.8. The highest BCUT2D eigenvalue weighted by molar-refractivity contribution is 7.99. The summed E-state index contributed by atoms with van der Waals surface area (Å²) in [6.07, 6.45) is 0. The molecule has 3 aromatic carbocycles. The first-order valence-electron chi connectivity index (χ1n) is 10.7. The molecule has 0 aliphatic heterocycles. The lowest BCUT2D eigenvalue weighted by molar-refractivity contribution is -0.113. The Balaban J connectivity index is 1.46. The monoisotopic (exact) mass is 458 g/mol. The zero-order valence-electron chi connectivity index (χ0n) is 18.7. The molecule has 0 saturated carbocycles. The molecule has 0 saturated heterocycles. The molecule has 7 heteroatoms. The van der Waals surface area contributed by atoms with E-state index in [1.807, 2.05) is 78.2 Å². The molecule has 0 radical (unpaired) electrons. The van der Waals surface area contributed by atoms with Crippen molar-refractivity contribution in [2.24, 2.45) is 0 Å². The summed E-state index contributed by atoms with van der Waals surface area (Å²) in [6, 6.07) is 25.6. The van der Waals surface area contributed by atoms with Crippen LogP contribution in [0, 0.1) is 13.8 Å². The molecule has 4 aromatic rings. The number of hydrogen-bond acceptors (Lipinski definition) is 5. The second-order valence-corrected chi connectivity index (χ2v) is 8.65. The van der Waals surface area contributed by atoms with Crippen LogP contribution in [-0.2, 0) is 17.9 Å². The van der Waals surface area contributed by atoms with Crippen LogP contribution < -0.4 is 10.1 Å². The van der Waals surface area contributed by atoms with Crippen LogP contribution in [0.25, 0.3) is 0 Å². The zero-order chi connectivity index (χ0) is 23.0. The number of carbonyl (C=O) groups is 1. The van der Waals surface area contributed by atoms with Crippen molar-refractivity contribution in [2.45, 2.75) is 32.2 Å². The number of ether oxygens (including phenoxy) is 1. The van der Waals surface area contributed by atoms with Crippen LogP contribution in [-0.4, -0.2) is 26.4 Å². The number of nitrogens with zero attached hydrogens (tertiary/aromatic N) is 3. The van der Waals surface area contributed by atoms with E-state index < -0.39 is 0 Å². The van der Waals surface area contributed by atoms with Gasteiger partial charge >= 0.3 is 0 Å². The summed E-state index contributed by atoms with van der Waals surface area (Å²) in [7, 11) is 0. The van der Waals surface area contributed by atoms with E-state index in [1.54, 1.807) is 0 Å². The van der Waals surface area contributed by atoms with Crippen molar-refractivity contribution in [3.8, 4) is 5.75 Å². The SMILES string of the molecule is Cc1ccc(NC(=O)CSc2nnc(COc3ccccc3)n2Cc2ccccc2)cc1C. The molecular formula is C26H26N4O2S. The van der Waals surface area contributed by atoms with Crippen LogP contribution in [0.1, 0.15) is 22.5 Å². The summed E-state index contributed by atoms with van der Waals surface area (Å²) < 4.78 is 7.90. The fourth-order valence-corrected chi connectivity index (χ4v) is 4.02. The maximum atomic E-state index is 12.6. The standard InChI is InChI=1S/C26H26N4O2S/c1-19-13-14-22(15-20(19)2)27-25(31)18-33-26-29-28-24(17-32-23-11-7-4-8-12-23)30(26)16-21-9-5-3-6-10-21/h3-15H,16-18H2,1-2H3,(H,27,31). The van der Waals surface area contributed by atoms with Gasteiger partial charge in [-0.2, -0.15) is 0 Å². The number of aromatic nitrogens is 3. The zero-order valence-corrected chi connectivity index (χ0v) is 19.5. The predicted molar refractivity (Wildman–Crippen MR) is 132 cm³/mol. The smallest absolute Gasteiger partial charge is 0.234 e. The van der Waals surface area contributed by atoms with Gasteiger partial charge in [0.25, 0.3) is 0 Å². The molecule has 168 valence electrons. The maximum absolute atomic E-state index is 12.6. The van der Waals surface area contributed by atoms with Crippen LogP contribution >= 0.6 is 11.8 Å². The molecule has 0 fully saturated rings. The third kappa shape index (κ3) is 6.23. The number of aryl methyl sites for hydroxylation is 2. The van der Waals surface area contributed by atoms with Gasteiger partial charge in [0.05, 0.1) is 12.3 Å². The van der Waals surface area contributed by atoms with E-state index in [-0.39, 0.29) is 11.7 Å². The molecule has 1 heterocycles. The Morgan fingerprint density at radius 1 is 0.939 bits per heavy atom. The summed E-state index contributed by atoms with van der Waals surface area (Å²) in [5.74, 6) is 1.63. The van der Waals surface area contributed by atoms with Crippen LogP contribution in [0.2, 0.25) is 0 Å². The van der Waals surface area contributed by atoms with Gasteiger partial charge in [-0.15, -0.1) is 10.2 Å². The van der Waals surface area contributed by atoms with E-state index in [9.17, 15) is 4.79 Å². The Bertz CT molecular complexity index is 1210. The van der Waals surface area contributed by atoms with E-state index in [4.69, 9.17) is 4.74 Å². The highest BCUT2D eigenvalue weighted by atomic mass is 32.2. The predicted octanol–water partition coefficient (Wildman–Crippen LogP) is 5.25. The van der Waals surface area contributed by atoms with Gasteiger partial charge in [0.1, 0.15) is 12.4 Å². The van der Waals surface area contributed by atoms with Crippen molar-refractivity contribution < 1.29 is 9.53 Å². The van der Waals surface area contributed by atoms with Gasteiger partial charge in [0, 0.05) is 5.69 Å². The molecule has 0 aliphatic rings. The third-order valence-corrected chi connectivity index (χ3v) is 6.18. The fourth-order valence-electron chi connectivity index (χ4n) is 3.27. The quantitative estimate of drug-likeness (QED) is 0.347. The van der Waals surface area contributed by atoms with Gasteiger partial charge in [0.2, 0.25) is 5.91 Å². The first-order chi connectivity index (χ1) is 16.1. The molecule has 1 aromatic heterocycles. The summed E-state index contributed by atoms with van der Waals surface area (Å²) >= 11 is 1.37. The first kappa shape index (κ1) is 22.6. The van der Waals surface area contributed by atoms with Crippen molar-refractivity contribution in [3.05, 3.63) is 101 Å².